The highest BCUT2D eigenvalue weighted by molar-refractivity contribution is 6.08. The Balaban J connectivity index is 0.000000574. The first-order valence-corrected chi connectivity index (χ1v) is 6.70. The molecular weight excluding hydrogens is 216 g/mol. The number of rotatable bonds is 2. The molecule has 1 aliphatic carbocycles. The molecule has 2 aromatic carbocycles. The zero-order chi connectivity index (χ0) is 13.0. The first-order valence-electron chi connectivity index (χ1n) is 6.70. The summed E-state index contributed by atoms with van der Waals surface area (Å²) in [5.74, 6) is 0. The molecule has 0 saturated heterocycles. The van der Waals surface area contributed by atoms with Crippen molar-refractivity contribution in [1.82, 2.24) is 0 Å². The van der Waals surface area contributed by atoms with Gasteiger partial charge in [-0.3, -0.25) is 0 Å². The molecule has 0 nitrogen and oxygen atoms in total. The summed E-state index contributed by atoms with van der Waals surface area (Å²) in [6.45, 7) is 6.18. The van der Waals surface area contributed by atoms with Gasteiger partial charge in [-0.25, -0.2) is 0 Å². The summed E-state index contributed by atoms with van der Waals surface area (Å²) in [4.78, 5) is 0. The maximum absolute atomic E-state index is 2.22. The van der Waals surface area contributed by atoms with Crippen LogP contribution in [0.2, 0.25) is 0 Å². The molecule has 0 amide bonds. The van der Waals surface area contributed by atoms with Gasteiger partial charge in [-0.15, -0.1) is 0 Å². The lowest BCUT2D eigenvalue weighted by atomic mass is 10.1. The van der Waals surface area contributed by atoms with E-state index in [9.17, 15) is 0 Å². The van der Waals surface area contributed by atoms with Gasteiger partial charge in [0.2, 0.25) is 0 Å². The van der Waals surface area contributed by atoms with E-state index in [2.05, 4.69) is 61.5 Å². The Hall–Kier alpha value is -1.82. The van der Waals surface area contributed by atoms with E-state index in [0.717, 1.165) is 6.42 Å². The second-order valence-corrected chi connectivity index (χ2v) is 4.31. The van der Waals surface area contributed by atoms with Gasteiger partial charge in [-0.05, 0) is 41.2 Å². The number of benzene rings is 2. The van der Waals surface area contributed by atoms with Crippen LogP contribution < -0.4 is 0 Å². The third-order valence-electron chi connectivity index (χ3n) is 3.19. The van der Waals surface area contributed by atoms with Crippen LogP contribution in [0.25, 0.3) is 11.1 Å². The van der Waals surface area contributed by atoms with Crippen LogP contribution in [-0.4, -0.2) is 0 Å². The second kappa shape index (κ2) is 5.68. The minimum Gasteiger partial charge on any atom is -0.0683 e. The molecule has 0 spiro atoms. The van der Waals surface area contributed by atoms with Crippen LogP contribution >= 0.6 is 0 Å². The Morgan fingerprint density at radius 2 is 1.33 bits per heavy atom. The minimum absolute atomic E-state index is 1.15. The highest BCUT2D eigenvalue weighted by Gasteiger charge is 2.24. The number of allylic oxidation sites excluding steroid dienone is 2. The van der Waals surface area contributed by atoms with E-state index in [-0.39, 0.29) is 0 Å². The zero-order valence-electron chi connectivity index (χ0n) is 11.4. The SMILES string of the molecule is CC.Cc1ccccc1C1=C(c2ccccc2)C1. The van der Waals surface area contributed by atoms with Crippen molar-refractivity contribution in [3.8, 4) is 0 Å². The average Bonchev–Trinajstić information content (AvgIpc) is 3.23. The second-order valence-electron chi connectivity index (χ2n) is 4.31. The van der Waals surface area contributed by atoms with Crippen LogP contribution in [0.3, 0.4) is 0 Å². The smallest absolute Gasteiger partial charge is 0.000765 e. The van der Waals surface area contributed by atoms with E-state index in [1.165, 1.54) is 27.8 Å². The van der Waals surface area contributed by atoms with Gasteiger partial charge in [0.15, 0.2) is 0 Å². The molecule has 0 bridgehead atoms. The van der Waals surface area contributed by atoms with Gasteiger partial charge in [0, 0.05) is 0 Å². The van der Waals surface area contributed by atoms with E-state index in [0.29, 0.717) is 0 Å². The van der Waals surface area contributed by atoms with Crippen LogP contribution in [-0.2, 0) is 0 Å². The first-order chi connectivity index (χ1) is 8.86. The summed E-state index contributed by atoms with van der Waals surface area (Å²) >= 11 is 0. The lowest BCUT2D eigenvalue weighted by molar-refractivity contribution is 1.42. The van der Waals surface area contributed by atoms with Gasteiger partial charge < -0.3 is 0 Å². The number of hydrogen-bond donors (Lipinski definition) is 0. The largest absolute Gasteiger partial charge is 0.0683 e. The van der Waals surface area contributed by atoms with Crippen molar-refractivity contribution in [3.05, 3.63) is 71.3 Å². The van der Waals surface area contributed by atoms with E-state index >= 15 is 0 Å². The number of aryl methyl sites for hydroxylation is 1. The Morgan fingerprint density at radius 1 is 0.722 bits per heavy atom. The van der Waals surface area contributed by atoms with Crippen molar-refractivity contribution in [2.24, 2.45) is 0 Å². The fraction of sp³-hybridized carbons (Fsp3) is 0.222. The van der Waals surface area contributed by atoms with Gasteiger partial charge in [-0.1, -0.05) is 68.4 Å². The summed E-state index contributed by atoms with van der Waals surface area (Å²) in [5.41, 5.74) is 7.20. The van der Waals surface area contributed by atoms with Crippen molar-refractivity contribution < 1.29 is 0 Å². The van der Waals surface area contributed by atoms with Crippen LogP contribution in [0.15, 0.2) is 54.6 Å². The molecule has 0 saturated carbocycles. The van der Waals surface area contributed by atoms with Crippen LogP contribution in [0, 0.1) is 6.92 Å². The molecule has 0 N–H and O–H groups in total. The van der Waals surface area contributed by atoms with E-state index in [1.807, 2.05) is 13.8 Å². The maximum Gasteiger partial charge on any atom is -0.000765 e. The molecule has 2 aromatic rings. The average molecular weight is 236 g/mol. The highest BCUT2D eigenvalue weighted by atomic mass is 14.3. The Bertz CT molecular complexity index is 547. The summed E-state index contributed by atoms with van der Waals surface area (Å²) in [6.07, 6.45) is 1.15. The predicted molar refractivity (Wildman–Crippen MR) is 80.4 cm³/mol. The molecule has 18 heavy (non-hydrogen) atoms. The molecule has 0 heteroatoms. The molecule has 92 valence electrons. The first kappa shape index (κ1) is 12.6. The molecule has 0 aromatic heterocycles. The van der Waals surface area contributed by atoms with Gasteiger partial charge in [0.05, 0.1) is 0 Å². The summed E-state index contributed by atoms with van der Waals surface area (Å²) < 4.78 is 0. The van der Waals surface area contributed by atoms with Gasteiger partial charge >= 0.3 is 0 Å². The third-order valence-corrected chi connectivity index (χ3v) is 3.19. The lowest BCUT2D eigenvalue weighted by Gasteiger charge is -1.98. The van der Waals surface area contributed by atoms with Crippen molar-refractivity contribution in [2.45, 2.75) is 27.2 Å². The standard InChI is InChI=1S/C16H14.C2H6/c1-12-7-5-6-10-14(12)16-11-15(16)13-8-3-2-4-9-13;1-2/h2-10H,11H2,1H3;1-2H3. The van der Waals surface area contributed by atoms with Gasteiger partial charge in [0.25, 0.3) is 0 Å². The lowest BCUT2D eigenvalue weighted by Crippen LogP contribution is -1.78. The molecule has 0 radical (unpaired) electrons. The van der Waals surface area contributed by atoms with E-state index < -0.39 is 0 Å². The predicted octanol–water partition coefficient (Wildman–Crippen LogP) is 5.34. The molecule has 1 aliphatic rings. The molecule has 0 heterocycles. The monoisotopic (exact) mass is 236 g/mol. The van der Waals surface area contributed by atoms with Crippen LogP contribution in [0.4, 0.5) is 0 Å². The summed E-state index contributed by atoms with van der Waals surface area (Å²) in [6, 6.07) is 19.3. The molecule has 3 rings (SSSR count). The maximum atomic E-state index is 2.22. The molecular formula is C18H20. The fourth-order valence-electron chi connectivity index (χ4n) is 2.22. The molecule has 0 fully saturated rings. The Kier molecular flexibility index (Phi) is 3.99. The van der Waals surface area contributed by atoms with Gasteiger partial charge in [0.1, 0.15) is 0 Å². The minimum atomic E-state index is 1.15. The third kappa shape index (κ3) is 2.53. The van der Waals surface area contributed by atoms with Gasteiger partial charge in [-0.2, -0.15) is 0 Å². The molecule has 0 aliphatic heterocycles. The highest BCUT2D eigenvalue weighted by Crippen LogP contribution is 2.47. The summed E-state index contributed by atoms with van der Waals surface area (Å²) in [5, 5.41) is 0. The quantitative estimate of drug-likeness (QED) is 0.660. The number of hydrogen-bond acceptors (Lipinski definition) is 0. The Morgan fingerprint density at radius 3 is 2.00 bits per heavy atom. The van der Waals surface area contributed by atoms with Crippen molar-refractivity contribution in [1.29, 1.82) is 0 Å². The zero-order valence-corrected chi connectivity index (χ0v) is 11.4. The Labute approximate surface area is 110 Å². The normalized spacial score (nSPS) is 12.8. The van der Waals surface area contributed by atoms with Crippen molar-refractivity contribution in [3.63, 3.8) is 0 Å². The van der Waals surface area contributed by atoms with E-state index in [1.54, 1.807) is 0 Å². The van der Waals surface area contributed by atoms with Crippen LogP contribution in [0.5, 0.6) is 0 Å². The van der Waals surface area contributed by atoms with Crippen molar-refractivity contribution in [2.75, 3.05) is 0 Å². The molecule has 0 atom stereocenters. The van der Waals surface area contributed by atoms with Crippen LogP contribution in [0.1, 0.15) is 37.0 Å². The molecule has 0 unspecified atom stereocenters. The topological polar surface area (TPSA) is 0 Å². The fourth-order valence-corrected chi connectivity index (χ4v) is 2.22. The van der Waals surface area contributed by atoms with E-state index in [4.69, 9.17) is 0 Å². The summed E-state index contributed by atoms with van der Waals surface area (Å²) in [7, 11) is 0. The van der Waals surface area contributed by atoms with Crippen molar-refractivity contribution >= 4 is 11.1 Å².